The molecule has 4 heterocycles. The number of carbonyl (C=O) groups is 3. The van der Waals surface area contributed by atoms with Crippen molar-refractivity contribution in [3.63, 3.8) is 0 Å². The van der Waals surface area contributed by atoms with Crippen LogP contribution in [0.15, 0.2) is 72.8 Å². The number of aliphatic hydroxyl groups excluding tert-OH is 1. The highest BCUT2D eigenvalue weighted by Gasteiger charge is 2.67. The Labute approximate surface area is 275 Å². The molecule has 0 aromatic heterocycles. The van der Waals surface area contributed by atoms with E-state index in [0.717, 1.165) is 16.7 Å². The monoisotopic (exact) mass is 657 g/mol. The third-order valence-corrected chi connectivity index (χ3v) is 12.9. The smallest absolute Gasteiger partial charge is 0.414 e. The fourth-order valence-electron chi connectivity index (χ4n) is 8.29. The van der Waals surface area contributed by atoms with Crippen molar-refractivity contribution in [2.24, 2.45) is 5.92 Å². The Bertz CT molecular complexity index is 1720. The molecule has 0 aliphatic carbocycles. The first-order valence-electron chi connectivity index (χ1n) is 16.3. The fourth-order valence-corrected chi connectivity index (χ4v) is 10.8. The van der Waals surface area contributed by atoms with E-state index in [0.29, 0.717) is 36.4 Å². The number of amides is 3. The molecule has 4 aliphatic rings. The van der Waals surface area contributed by atoms with Crippen molar-refractivity contribution in [3.8, 4) is 0 Å². The molecule has 246 valence electrons. The topological polar surface area (TPSA) is 99.6 Å². The Morgan fingerprint density at radius 3 is 2.45 bits per heavy atom. The van der Waals surface area contributed by atoms with Crippen LogP contribution in [0.3, 0.4) is 0 Å². The van der Waals surface area contributed by atoms with Gasteiger partial charge in [-0.25, -0.2) is 4.79 Å². The van der Waals surface area contributed by atoms with Gasteiger partial charge in [0.2, 0.25) is 14.3 Å². The molecule has 2 saturated heterocycles. The normalized spacial score (nSPS) is 27.0. The molecule has 3 aromatic carbocycles. The highest BCUT2D eigenvalue weighted by molar-refractivity contribution is 6.72. The van der Waals surface area contributed by atoms with Crippen molar-refractivity contribution in [2.75, 3.05) is 29.6 Å². The lowest BCUT2D eigenvalue weighted by Crippen LogP contribution is -2.48. The molecule has 3 amide bonds. The third-order valence-electron chi connectivity index (χ3n) is 10.5. The van der Waals surface area contributed by atoms with Crippen LogP contribution in [-0.2, 0) is 44.2 Å². The van der Waals surface area contributed by atoms with Crippen LogP contribution in [0.2, 0.25) is 18.6 Å². The van der Waals surface area contributed by atoms with Gasteiger partial charge >= 0.3 is 6.09 Å². The van der Waals surface area contributed by atoms with Gasteiger partial charge in [-0.1, -0.05) is 61.5 Å². The summed E-state index contributed by atoms with van der Waals surface area (Å²) in [5.41, 5.74) is 2.59. The van der Waals surface area contributed by atoms with E-state index in [1.54, 1.807) is 35.0 Å². The van der Waals surface area contributed by atoms with Gasteiger partial charge in [-0.15, -0.1) is 0 Å². The molecule has 2 fully saturated rings. The highest BCUT2D eigenvalue weighted by atomic mass is 28.4. The van der Waals surface area contributed by atoms with Crippen molar-refractivity contribution >= 4 is 37.7 Å². The van der Waals surface area contributed by atoms with E-state index in [1.165, 1.54) is 4.90 Å². The molecule has 1 N–H and O–H groups in total. The number of cyclic esters (lactones) is 1. The SMILES string of the molecule is C[C@@H]1[C@@H]([Si](C)(C)F)[C@H](CC(=O)N2Cc3ccccc3C[C@H]2CO)O[C@@]12C(=O)N(Cc1ccccc1)c1ccc(N3CCOC3=O)cc12. The van der Waals surface area contributed by atoms with Crippen LogP contribution in [0, 0.1) is 5.92 Å². The van der Waals surface area contributed by atoms with E-state index in [9.17, 15) is 19.5 Å². The summed E-state index contributed by atoms with van der Waals surface area (Å²) in [5, 5.41) is 10.3. The van der Waals surface area contributed by atoms with E-state index in [2.05, 4.69) is 0 Å². The molecule has 11 heteroatoms. The highest BCUT2D eigenvalue weighted by Crippen LogP contribution is 2.61. The Kier molecular flexibility index (Phi) is 7.97. The Morgan fingerprint density at radius 2 is 1.77 bits per heavy atom. The second kappa shape index (κ2) is 11.9. The van der Waals surface area contributed by atoms with Gasteiger partial charge in [0.15, 0.2) is 5.60 Å². The maximum Gasteiger partial charge on any atom is 0.414 e. The van der Waals surface area contributed by atoms with Crippen molar-refractivity contribution in [1.82, 2.24) is 4.90 Å². The van der Waals surface area contributed by atoms with Crippen LogP contribution in [0.25, 0.3) is 0 Å². The summed E-state index contributed by atoms with van der Waals surface area (Å²) in [4.78, 5) is 46.3. The predicted octanol–water partition coefficient (Wildman–Crippen LogP) is 5.30. The summed E-state index contributed by atoms with van der Waals surface area (Å²) in [6.45, 7) is 6.15. The average molecular weight is 658 g/mol. The summed E-state index contributed by atoms with van der Waals surface area (Å²) in [5.74, 6) is -1.14. The lowest BCUT2D eigenvalue weighted by molar-refractivity contribution is -0.151. The van der Waals surface area contributed by atoms with Gasteiger partial charge in [0, 0.05) is 29.3 Å². The van der Waals surface area contributed by atoms with Gasteiger partial charge in [-0.3, -0.25) is 14.5 Å². The number of ether oxygens (including phenoxy) is 2. The van der Waals surface area contributed by atoms with Gasteiger partial charge in [0.25, 0.3) is 5.91 Å². The number of rotatable bonds is 7. The van der Waals surface area contributed by atoms with Gasteiger partial charge in [-0.2, -0.15) is 0 Å². The standard InChI is InChI=1S/C36H40FN3O6Si/c1-23-33(47(2,3)37)31(19-32(42)39-21-26-12-8-7-11-25(26)17-28(39)22-41)46-36(23)29-18-27(38-15-16-45-35(38)44)13-14-30(29)40(34(36)43)20-24-9-5-4-6-10-24/h4-14,18,23,28,31,33,41H,15-17,19-22H2,1-3H3/t23-,28+,31+,33-,36+/m1/s1. The van der Waals surface area contributed by atoms with E-state index in [-0.39, 0.29) is 38.0 Å². The summed E-state index contributed by atoms with van der Waals surface area (Å²) in [6.07, 6.45) is -0.923. The third kappa shape index (κ3) is 5.24. The van der Waals surface area contributed by atoms with Crippen molar-refractivity contribution in [3.05, 3.63) is 95.1 Å². The van der Waals surface area contributed by atoms with Crippen LogP contribution in [0.4, 0.5) is 20.3 Å². The largest absolute Gasteiger partial charge is 0.447 e. The van der Waals surface area contributed by atoms with E-state index in [1.807, 2.05) is 67.6 Å². The second-order valence-electron chi connectivity index (χ2n) is 13.7. The molecular weight excluding hydrogens is 617 g/mol. The van der Waals surface area contributed by atoms with Crippen LogP contribution < -0.4 is 9.80 Å². The number of carbonyl (C=O) groups excluding carboxylic acids is 3. The van der Waals surface area contributed by atoms with E-state index in [4.69, 9.17) is 9.47 Å². The number of aliphatic hydroxyl groups is 1. The Balaban J connectivity index is 1.28. The molecule has 7 rings (SSSR count). The number of nitrogens with zero attached hydrogens (tertiary/aromatic N) is 3. The molecule has 4 aliphatic heterocycles. The van der Waals surface area contributed by atoms with Crippen molar-refractivity contribution in [1.29, 1.82) is 0 Å². The minimum Gasteiger partial charge on any atom is -0.447 e. The maximum absolute atomic E-state index is 16.5. The Morgan fingerprint density at radius 1 is 1.04 bits per heavy atom. The molecule has 47 heavy (non-hydrogen) atoms. The number of fused-ring (bicyclic) bond motifs is 3. The summed E-state index contributed by atoms with van der Waals surface area (Å²) < 4.78 is 28.6. The number of hydrogen-bond donors (Lipinski definition) is 1. The molecule has 3 aromatic rings. The summed E-state index contributed by atoms with van der Waals surface area (Å²) in [6, 6.07) is 22.5. The number of halogens is 1. The van der Waals surface area contributed by atoms with Crippen LogP contribution in [0.1, 0.15) is 35.6 Å². The molecule has 0 unspecified atom stereocenters. The van der Waals surface area contributed by atoms with Crippen molar-refractivity contribution in [2.45, 2.75) is 69.2 Å². The van der Waals surface area contributed by atoms with E-state index >= 15 is 4.11 Å². The van der Waals surface area contributed by atoms with Crippen LogP contribution >= 0.6 is 0 Å². The van der Waals surface area contributed by atoms with Gasteiger partial charge in [0.05, 0.1) is 44.0 Å². The molecule has 0 radical (unpaired) electrons. The fraction of sp³-hybridized carbons (Fsp3) is 0.417. The molecule has 0 bridgehead atoms. The molecule has 9 nitrogen and oxygen atoms in total. The first-order valence-corrected chi connectivity index (χ1v) is 19.3. The average Bonchev–Trinajstić information content (AvgIpc) is 3.69. The van der Waals surface area contributed by atoms with Crippen LogP contribution in [-0.4, -0.2) is 68.2 Å². The molecular formula is C36H40FN3O6Si. The Hall–Kier alpha value is -4.06. The maximum atomic E-state index is 16.5. The van der Waals surface area contributed by atoms with Crippen molar-refractivity contribution < 1.29 is 33.1 Å². The zero-order valence-corrected chi connectivity index (χ0v) is 27.9. The second-order valence-corrected chi connectivity index (χ2v) is 17.4. The first kappa shape index (κ1) is 31.5. The lowest BCUT2D eigenvalue weighted by atomic mass is 9.82. The molecule has 5 atom stereocenters. The number of benzene rings is 3. The summed E-state index contributed by atoms with van der Waals surface area (Å²) >= 11 is 0. The molecule has 1 spiro atoms. The minimum atomic E-state index is -3.54. The molecule has 0 saturated carbocycles. The quantitative estimate of drug-likeness (QED) is 0.274. The predicted molar refractivity (Wildman–Crippen MR) is 177 cm³/mol. The van der Waals surface area contributed by atoms with Gasteiger partial charge in [-0.05, 0) is 54.4 Å². The van der Waals surface area contributed by atoms with Gasteiger partial charge < -0.3 is 28.5 Å². The summed E-state index contributed by atoms with van der Waals surface area (Å²) in [7, 11) is -3.54. The zero-order chi connectivity index (χ0) is 33.1. The zero-order valence-electron chi connectivity index (χ0n) is 26.9. The lowest BCUT2D eigenvalue weighted by Gasteiger charge is -2.37. The number of hydrogen-bond acceptors (Lipinski definition) is 6. The van der Waals surface area contributed by atoms with Gasteiger partial charge in [0.1, 0.15) is 6.61 Å². The first-order chi connectivity index (χ1) is 22.5. The van der Waals surface area contributed by atoms with E-state index < -0.39 is 43.7 Å². The van der Waals surface area contributed by atoms with Crippen LogP contribution in [0.5, 0.6) is 0 Å². The minimum absolute atomic E-state index is 0.116. The number of anilines is 2.